The molecule has 2 heterocycles. The van der Waals surface area contributed by atoms with Crippen LogP contribution in [-0.2, 0) is 17.8 Å². The number of ether oxygens (including phenoxy) is 2. The highest BCUT2D eigenvalue weighted by atomic mass is 16.6. The minimum Gasteiger partial charge on any atom is -0.486 e. The Bertz CT molecular complexity index is 629. The summed E-state index contributed by atoms with van der Waals surface area (Å²) in [5, 5.41) is 2.88. The fourth-order valence-electron chi connectivity index (χ4n) is 2.15. The lowest BCUT2D eigenvalue weighted by Gasteiger charge is -2.18. The second kappa shape index (κ2) is 6.26. The lowest BCUT2D eigenvalue weighted by atomic mass is 10.1. The van der Waals surface area contributed by atoms with Crippen LogP contribution < -0.4 is 14.8 Å². The summed E-state index contributed by atoms with van der Waals surface area (Å²) in [5.74, 6) is 1.41. The van der Waals surface area contributed by atoms with E-state index in [0.29, 0.717) is 31.9 Å². The summed E-state index contributed by atoms with van der Waals surface area (Å²) in [4.78, 5) is 16.0. The van der Waals surface area contributed by atoms with Gasteiger partial charge < -0.3 is 14.8 Å². The van der Waals surface area contributed by atoms with Gasteiger partial charge in [-0.05, 0) is 29.3 Å². The first-order chi connectivity index (χ1) is 10.3. The molecule has 0 bridgehead atoms. The third kappa shape index (κ3) is 3.51. The monoisotopic (exact) mass is 284 g/mol. The molecular weight excluding hydrogens is 268 g/mol. The van der Waals surface area contributed by atoms with Crippen LogP contribution in [0.1, 0.15) is 11.1 Å². The van der Waals surface area contributed by atoms with Crippen LogP contribution in [0.25, 0.3) is 0 Å². The number of rotatable bonds is 4. The predicted molar refractivity (Wildman–Crippen MR) is 77.2 cm³/mol. The molecule has 1 N–H and O–H groups in total. The van der Waals surface area contributed by atoms with Crippen LogP contribution in [0.4, 0.5) is 0 Å². The van der Waals surface area contributed by atoms with Crippen LogP contribution in [0.5, 0.6) is 11.5 Å². The molecule has 1 aromatic carbocycles. The minimum absolute atomic E-state index is 0.0319. The lowest BCUT2D eigenvalue weighted by molar-refractivity contribution is -0.120. The van der Waals surface area contributed by atoms with E-state index in [1.54, 1.807) is 12.4 Å². The normalized spacial score (nSPS) is 12.8. The van der Waals surface area contributed by atoms with Gasteiger partial charge in [-0.15, -0.1) is 0 Å². The van der Waals surface area contributed by atoms with Gasteiger partial charge in [0.2, 0.25) is 5.91 Å². The van der Waals surface area contributed by atoms with E-state index in [1.807, 2.05) is 30.3 Å². The first-order valence-corrected chi connectivity index (χ1v) is 6.85. The number of carbonyl (C=O) groups excluding carboxylic acids is 1. The summed E-state index contributed by atoms with van der Waals surface area (Å²) in [7, 11) is 0. The summed E-state index contributed by atoms with van der Waals surface area (Å²) in [6.45, 7) is 1.60. The van der Waals surface area contributed by atoms with E-state index < -0.39 is 0 Å². The third-order valence-corrected chi connectivity index (χ3v) is 3.18. The second-order valence-electron chi connectivity index (χ2n) is 4.79. The Kier molecular flexibility index (Phi) is 4.00. The number of hydrogen-bond acceptors (Lipinski definition) is 4. The largest absolute Gasteiger partial charge is 0.486 e. The Morgan fingerprint density at radius 1 is 1.14 bits per heavy atom. The van der Waals surface area contributed by atoms with Crippen molar-refractivity contribution >= 4 is 5.91 Å². The molecule has 2 aromatic rings. The standard InChI is InChI=1S/C16H16N2O3/c19-16(18-11-13-2-1-5-17-10-13)9-12-3-4-14-15(8-12)21-7-6-20-14/h1-5,8,10H,6-7,9,11H2,(H,18,19). The Balaban J connectivity index is 1.57. The van der Waals surface area contributed by atoms with Crippen LogP contribution in [0.15, 0.2) is 42.7 Å². The van der Waals surface area contributed by atoms with Crippen molar-refractivity contribution in [2.24, 2.45) is 0 Å². The molecule has 0 atom stereocenters. The number of benzene rings is 1. The van der Waals surface area contributed by atoms with Crippen LogP contribution in [0.3, 0.4) is 0 Å². The van der Waals surface area contributed by atoms with Gasteiger partial charge in [-0.25, -0.2) is 0 Å². The predicted octanol–water partition coefficient (Wildman–Crippen LogP) is 1.71. The summed E-state index contributed by atoms with van der Waals surface area (Å²) >= 11 is 0. The van der Waals surface area contributed by atoms with Crippen LogP contribution in [-0.4, -0.2) is 24.1 Å². The number of amides is 1. The van der Waals surface area contributed by atoms with Gasteiger partial charge in [0.05, 0.1) is 6.42 Å². The molecule has 0 aliphatic carbocycles. The quantitative estimate of drug-likeness (QED) is 0.928. The molecule has 0 saturated heterocycles. The zero-order valence-electron chi connectivity index (χ0n) is 11.5. The number of nitrogens with one attached hydrogen (secondary N) is 1. The first kappa shape index (κ1) is 13.4. The number of hydrogen-bond donors (Lipinski definition) is 1. The fourth-order valence-corrected chi connectivity index (χ4v) is 2.15. The molecule has 0 fully saturated rings. The SMILES string of the molecule is O=C(Cc1ccc2c(c1)OCCO2)NCc1cccnc1. The molecule has 5 nitrogen and oxygen atoms in total. The van der Waals surface area contributed by atoms with Crippen molar-refractivity contribution in [1.29, 1.82) is 0 Å². The van der Waals surface area contributed by atoms with Gasteiger partial charge in [0.1, 0.15) is 13.2 Å². The van der Waals surface area contributed by atoms with Gasteiger partial charge in [-0.1, -0.05) is 12.1 Å². The zero-order chi connectivity index (χ0) is 14.5. The van der Waals surface area contributed by atoms with Gasteiger partial charge in [0.15, 0.2) is 11.5 Å². The number of pyridine rings is 1. The average molecular weight is 284 g/mol. The van der Waals surface area contributed by atoms with Crippen molar-refractivity contribution < 1.29 is 14.3 Å². The van der Waals surface area contributed by atoms with Gasteiger partial charge in [-0.2, -0.15) is 0 Å². The van der Waals surface area contributed by atoms with E-state index in [-0.39, 0.29) is 5.91 Å². The molecule has 0 spiro atoms. The molecular formula is C16H16N2O3. The molecule has 0 radical (unpaired) electrons. The van der Waals surface area contributed by atoms with Gasteiger partial charge in [0, 0.05) is 18.9 Å². The maximum absolute atomic E-state index is 12.0. The molecule has 1 aliphatic rings. The second-order valence-corrected chi connectivity index (χ2v) is 4.79. The van der Waals surface area contributed by atoms with Crippen molar-refractivity contribution in [1.82, 2.24) is 10.3 Å². The van der Waals surface area contributed by atoms with Crippen molar-refractivity contribution in [3.63, 3.8) is 0 Å². The highest BCUT2D eigenvalue weighted by Gasteiger charge is 2.13. The Morgan fingerprint density at radius 2 is 2.00 bits per heavy atom. The Morgan fingerprint density at radius 3 is 2.81 bits per heavy atom. The Hall–Kier alpha value is -2.56. The van der Waals surface area contributed by atoms with Crippen LogP contribution in [0.2, 0.25) is 0 Å². The molecule has 108 valence electrons. The molecule has 0 saturated carbocycles. The maximum Gasteiger partial charge on any atom is 0.224 e. The van der Waals surface area contributed by atoms with Crippen LogP contribution >= 0.6 is 0 Å². The van der Waals surface area contributed by atoms with E-state index in [1.165, 1.54) is 0 Å². The van der Waals surface area contributed by atoms with Crippen molar-refractivity contribution in [2.75, 3.05) is 13.2 Å². The molecule has 1 aliphatic heterocycles. The Labute approximate surface area is 122 Å². The summed E-state index contributed by atoms with van der Waals surface area (Å²) in [5.41, 5.74) is 1.89. The molecule has 1 amide bonds. The van der Waals surface area contributed by atoms with Crippen molar-refractivity contribution in [3.8, 4) is 11.5 Å². The topological polar surface area (TPSA) is 60.5 Å². The molecule has 1 aromatic heterocycles. The summed E-state index contributed by atoms with van der Waals surface area (Å²) < 4.78 is 11.0. The highest BCUT2D eigenvalue weighted by Crippen LogP contribution is 2.30. The minimum atomic E-state index is -0.0319. The van der Waals surface area contributed by atoms with E-state index in [4.69, 9.17) is 9.47 Å². The maximum atomic E-state index is 12.0. The molecule has 5 heteroatoms. The van der Waals surface area contributed by atoms with Crippen molar-refractivity contribution in [3.05, 3.63) is 53.9 Å². The highest BCUT2D eigenvalue weighted by molar-refractivity contribution is 5.78. The summed E-state index contributed by atoms with van der Waals surface area (Å²) in [6.07, 6.45) is 3.77. The van der Waals surface area contributed by atoms with Gasteiger partial charge in [0.25, 0.3) is 0 Å². The zero-order valence-corrected chi connectivity index (χ0v) is 11.5. The molecule has 0 unspecified atom stereocenters. The first-order valence-electron chi connectivity index (χ1n) is 6.85. The molecule has 21 heavy (non-hydrogen) atoms. The van der Waals surface area contributed by atoms with Crippen LogP contribution in [0, 0.1) is 0 Å². The van der Waals surface area contributed by atoms with E-state index in [2.05, 4.69) is 10.3 Å². The smallest absolute Gasteiger partial charge is 0.224 e. The summed E-state index contributed by atoms with van der Waals surface area (Å²) in [6, 6.07) is 9.37. The number of carbonyl (C=O) groups is 1. The van der Waals surface area contributed by atoms with E-state index >= 15 is 0 Å². The number of fused-ring (bicyclic) bond motifs is 1. The average Bonchev–Trinajstić information content (AvgIpc) is 2.54. The lowest BCUT2D eigenvalue weighted by Crippen LogP contribution is -2.24. The number of aromatic nitrogens is 1. The van der Waals surface area contributed by atoms with Gasteiger partial charge >= 0.3 is 0 Å². The third-order valence-electron chi connectivity index (χ3n) is 3.18. The van der Waals surface area contributed by atoms with Gasteiger partial charge in [-0.3, -0.25) is 9.78 Å². The van der Waals surface area contributed by atoms with E-state index in [9.17, 15) is 4.79 Å². The molecule has 3 rings (SSSR count). The van der Waals surface area contributed by atoms with E-state index in [0.717, 1.165) is 16.9 Å². The fraction of sp³-hybridized carbons (Fsp3) is 0.250. The van der Waals surface area contributed by atoms with Crippen molar-refractivity contribution in [2.45, 2.75) is 13.0 Å². The number of nitrogens with zero attached hydrogens (tertiary/aromatic N) is 1.